The molecule has 0 aromatic heterocycles. The van der Waals surface area contributed by atoms with E-state index in [-0.39, 0.29) is 13.0 Å². The Bertz CT molecular complexity index is 733. The van der Waals surface area contributed by atoms with Gasteiger partial charge in [0.1, 0.15) is 29.3 Å². The molecule has 2 aliphatic rings. The standard InChI is InChI=1S/C17H18O6/c1-9-11-8-22-16(20)13(11)15-10(14(9)21-3)4-6-17(2,23-15)7-5-12(18)19/h4,6H,5,7-8H2,1-3H3,(H,18,19)/t17-/m1/s1. The molecule has 1 aromatic rings. The first-order valence-corrected chi connectivity index (χ1v) is 7.37. The quantitative estimate of drug-likeness (QED) is 0.860. The molecule has 0 saturated carbocycles. The molecule has 1 atom stereocenters. The van der Waals surface area contributed by atoms with Crippen molar-refractivity contribution in [2.75, 3.05) is 7.11 Å². The number of benzene rings is 1. The highest BCUT2D eigenvalue weighted by Gasteiger charge is 2.38. The van der Waals surface area contributed by atoms with E-state index >= 15 is 0 Å². The third-order valence-corrected chi connectivity index (χ3v) is 4.34. The van der Waals surface area contributed by atoms with E-state index in [1.54, 1.807) is 14.0 Å². The summed E-state index contributed by atoms with van der Waals surface area (Å²) in [6, 6.07) is 0. The Morgan fingerprint density at radius 1 is 1.48 bits per heavy atom. The number of methoxy groups -OCH3 is 1. The van der Waals surface area contributed by atoms with E-state index in [1.165, 1.54) is 0 Å². The number of esters is 1. The molecule has 0 aliphatic carbocycles. The molecule has 6 nitrogen and oxygen atoms in total. The molecular weight excluding hydrogens is 300 g/mol. The largest absolute Gasteiger partial charge is 0.496 e. The Morgan fingerprint density at radius 2 is 2.22 bits per heavy atom. The van der Waals surface area contributed by atoms with Crippen molar-refractivity contribution in [1.29, 1.82) is 0 Å². The zero-order valence-electron chi connectivity index (χ0n) is 13.3. The monoisotopic (exact) mass is 318 g/mol. The summed E-state index contributed by atoms with van der Waals surface area (Å²) in [5.74, 6) is -0.244. The molecule has 0 unspecified atom stereocenters. The lowest BCUT2D eigenvalue weighted by Crippen LogP contribution is -2.33. The summed E-state index contributed by atoms with van der Waals surface area (Å²) in [4.78, 5) is 22.9. The van der Waals surface area contributed by atoms with Gasteiger partial charge in [-0.25, -0.2) is 4.79 Å². The van der Waals surface area contributed by atoms with Crippen LogP contribution in [0.25, 0.3) is 6.08 Å². The zero-order valence-corrected chi connectivity index (χ0v) is 13.3. The molecule has 0 bridgehead atoms. The van der Waals surface area contributed by atoms with E-state index < -0.39 is 17.5 Å². The van der Waals surface area contributed by atoms with Crippen LogP contribution in [0.5, 0.6) is 11.5 Å². The summed E-state index contributed by atoms with van der Waals surface area (Å²) in [7, 11) is 1.57. The van der Waals surface area contributed by atoms with Crippen molar-refractivity contribution < 1.29 is 28.9 Å². The summed E-state index contributed by atoms with van der Waals surface area (Å²) in [5, 5.41) is 8.90. The normalized spacial score (nSPS) is 21.3. The van der Waals surface area contributed by atoms with Gasteiger partial charge in [-0.15, -0.1) is 0 Å². The smallest absolute Gasteiger partial charge is 0.342 e. The Hall–Kier alpha value is -2.50. The lowest BCUT2D eigenvalue weighted by Gasteiger charge is -2.33. The molecule has 6 heteroatoms. The lowest BCUT2D eigenvalue weighted by atomic mass is 9.90. The van der Waals surface area contributed by atoms with E-state index in [0.717, 1.165) is 11.1 Å². The van der Waals surface area contributed by atoms with Crippen LogP contribution >= 0.6 is 0 Å². The van der Waals surface area contributed by atoms with Crippen LogP contribution in [0.1, 0.15) is 46.8 Å². The van der Waals surface area contributed by atoms with Crippen LogP contribution in [0.2, 0.25) is 0 Å². The molecule has 0 amide bonds. The molecule has 2 heterocycles. The fourth-order valence-corrected chi connectivity index (χ4v) is 3.04. The summed E-state index contributed by atoms with van der Waals surface area (Å²) < 4.78 is 16.7. The highest BCUT2D eigenvalue weighted by atomic mass is 16.5. The summed E-state index contributed by atoms with van der Waals surface area (Å²) in [6.45, 7) is 3.88. The van der Waals surface area contributed by atoms with Gasteiger partial charge in [0.15, 0.2) is 0 Å². The topological polar surface area (TPSA) is 82.1 Å². The predicted molar refractivity (Wildman–Crippen MR) is 81.8 cm³/mol. The zero-order chi connectivity index (χ0) is 16.8. The summed E-state index contributed by atoms with van der Waals surface area (Å²) in [6.07, 6.45) is 3.93. The fourth-order valence-electron chi connectivity index (χ4n) is 3.04. The number of hydrogen-bond donors (Lipinski definition) is 1. The van der Waals surface area contributed by atoms with Gasteiger partial charge in [-0.1, -0.05) is 0 Å². The SMILES string of the molecule is COc1c(C)c2c(c3c1C=C[C@](C)(CCC(=O)O)O3)C(=O)OC2. The van der Waals surface area contributed by atoms with Crippen LogP contribution in [-0.2, 0) is 16.1 Å². The number of carbonyl (C=O) groups excluding carboxylic acids is 1. The highest BCUT2D eigenvalue weighted by molar-refractivity contribution is 5.99. The number of hydrogen-bond acceptors (Lipinski definition) is 5. The number of carbonyl (C=O) groups is 2. The predicted octanol–water partition coefficient (Wildman–Crippen LogP) is 2.70. The molecule has 122 valence electrons. The number of aliphatic carboxylic acids is 1. The van der Waals surface area contributed by atoms with Gasteiger partial charge in [-0.2, -0.15) is 0 Å². The molecule has 23 heavy (non-hydrogen) atoms. The second-order valence-corrected chi connectivity index (χ2v) is 5.97. The number of fused-ring (bicyclic) bond motifs is 3. The van der Waals surface area contributed by atoms with Crippen molar-refractivity contribution >= 4 is 18.0 Å². The van der Waals surface area contributed by atoms with Crippen LogP contribution in [0.15, 0.2) is 6.08 Å². The van der Waals surface area contributed by atoms with Crippen molar-refractivity contribution in [3.63, 3.8) is 0 Å². The highest BCUT2D eigenvalue weighted by Crippen LogP contribution is 2.47. The molecule has 3 rings (SSSR count). The van der Waals surface area contributed by atoms with Crippen LogP contribution in [0.3, 0.4) is 0 Å². The lowest BCUT2D eigenvalue weighted by molar-refractivity contribution is -0.137. The van der Waals surface area contributed by atoms with E-state index in [2.05, 4.69) is 0 Å². The number of cyclic esters (lactones) is 1. The van der Waals surface area contributed by atoms with Crippen molar-refractivity contribution in [1.82, 2.24) is 0 Å². The maximum atomic E-state index is 12.1. The van der Waals surface area contributed by atoms with E-state index in [0.29, 0.717) is 29.0 Å². The Morgan fingerprint density at radius 3 is 2.87 bits per heavy atom. The van der Waals surface area contributed by atoms with Gasteiger partial charge in [0.05, 0.1) is 12.7 Å². The molecule has 1 aromatic carbocycles. The van der Waals surface area contributed by atoms with Gasteiger partial charge < -0.3 is 19.3 Å². The molecule has 0 saturated heterocycles. The Labute approximate surface area is 133 Å². The van der Waals surface area contributed by atoms with Gasteiger partial charge in [0.2, 0.25) is 0 Å². The number of ether oxygens (including phenoxy) is 3. The first-order chi connectivity index (χ1) is 10.9. The van der Waals surface area contributed by atoms with Crippen LogP contribution < -0.4 is 9.47 Å². The van der Waals surface area contributed by atoms with Crippen molar-refractivity contribution in [3.05, 3.63) is 28.3 Å². The minimum Gasteiger partial charge on any atom is -0.496 e. The van der Waals surface area contributed by atoms with Crippen LogP contribution in [0.4, 0.5) is 0 Å². The molecule has 0 radical (unpaired) electrons. The molecule has 0 spiro atoms. The molecule has 0 fully saturated rings. The third-order valence-electron chi connectivity index (χ3n) is 4.34. The number of carboxylic acid groups (broad SMARTS) is 1. The summed E-state index contributed by atoms with van der Waals surface area (Å²) >= 11 is 0. The Kier molecular flexibility index (Phi) is 3.55. The molecular formula is C17H18O6. The van der Waals surface area contributed by atoms with Crippen molar-refractivity contribution in [2.45, 2.75) is 38.9 Å². The minimum atomic E-state index is -0.889. The summed E-state index contributed by atoms with van der Waals surface area (Å²) in [5.41, 5.74) is 1.94. The second kappa shape index (κ2) is 5.30. The van der Waals surface area contributed by atoms with E-state index in [9.17, 15) is 9.59 Å². The second-order valence-electron chi connectivity index (χ2n) is 5.97. The van der Waals surface area contributed by atoms with E-state index in [1.807, 2.05) is 19.1 Å². The van der Waals surface area contributed by atoms with Gasteiger partial charge in [0, 0.05) is 18.4 Å². The van der Waals surface area contributed by atoms with Crippen LogP contribution in [-0.4, -0.2) is 29.8 Å². The fraction of sp³-hybridized carbons (Fsp3) is 0.412. The third kappa shape index (κ3) is 2.44. The average Bonchev–Trinajstić information content (AvgIpc) is 2.89. The maximum absolute atomic E-state index is 12.1. The average molecular weight is 318 g/mol. The molecule has 1 N–H and O–H groups in total. The van der Waals surface area contributed by atoms with Gasteiger partial charge >= 0.3 is 11.9 Å². The van der Waals surface area contributed by atoms with E-state index in [4.69, 9.17) is 19.3 Å². The van der Waals surface area contributed by atoms with Crippen molar-refractivity contribution in [2.24, 2.45) is 0 Å². The van der Waals surface area contributed by atoms with Gasteiger partial charge in [-0.05, 0) is 31.6 Å². The Balaban J connectivity index is 2.11. The van der Waals surface area contributed by atoms with Gasteiger partial charge in [-0.3, -0.25) is 4.79 Å². The number of rotatable bonds is 4. The molecule has 2 aliphatic heterocycles. The number of carboxylic acids is 1. The maximum Gasteiger partial charge on any atom is 0.342 e. The van der Waals surface area contributed by atoms with Crippen molar-refractivity contribution in [3.8, 4) is 11.5 Å². The first kappa shape index (κ1) is 15.4. The first-order valence-electron chi connectivity index (χ1n) is 7.37. The minimum absolute atomic E-state index is 0.0220. The van der Waals surface area contributed by atoms with Gasteiger partial charge in [0.25, 0.3) is 0 Å². The van der Waals surface area contributed by atoms with Crippen LogP contribution in [0, 0.1) is 6.92 Å².